The third kappa shape index (κ3) is 4.26. The summed E-state index contributed by atoms with van der Waals surface area (Å²) in [5, 5.41) is 0. The summed E-state index contributed by atoms with van der Waals surface area (Å²) < 4.78 is 5.60. The van der Waals surface area contributed by atoms with Gasteiger partial charge in [0.15, 0.2) is 0 Å². The van der Waals surface area contributed by atoms with Gasteiger partial charge in [0.25, 0.3) is 0 Å². The molecule has 0 heterocycles. The largest absolute Gasteiger partial charge is 0.381 e. The smallest absolute Gasteiger partial charge is 0.0574 e. The predicted octanol–water partition coefficient (Wildman–Crippen LogP) is 5.89. The summed E-state index contributed by atoms with van der Waals surface area (Å²) in [5.41, 5.74) is 3.05. The molecule has 4 unspecified atom stereocenters. The molecule has 0 N–H and O–H groups in total. The maximum atomic E-state index is 5.60. The van der Waals surface area contributed by atoms with Crippen LogP contribution < -0.4 is 0 Å². The highest BCUT2D eigenvalue weighted by Crippen LogP contribution is 2.46. The van der Waals surface area contributed by atoms with Gasteiger partial charge in [-0.2, -0.15) is 0 Å². The summed E-state index contributed by atoms with van der Waals surface area (Å²) in [4.78, 5) is 0. The Bertz CT molecular complexity index is 501. The first kappa shape index (κ1) is 16.8. The minimum absolute atomic E-state index is 0.532. The van der Waals surface area contributed by atoms with E-state index in [1.54, 1.807) is 5.56 Å². The monoisotopic (exact) mass is 312 g/mol. The van der Waals surface area contributed by atoms with Crippen LogP contribution in [0.4, 0.5) is 0 Å². The van der Waals surface area contributed by atoms with Gasteiger partial charge in [0, 0.05) is 7.11 Å². The van der Waals surface area contributed by atoms with Crippen molar-refractivity contribution < 1.29 is 4.74 Å². The minimum atomic E-state index is 0.532. The number of methoxy groups -OCH3 is 1. The van der Waals surface area contributed by atoms with E-state index in [2.05, 4.69) is 43.3 Å². The summed E-state index contributed by atoms with van der Waals surface area (Å²) in [6.07, 6.45) is 15.4. The van der Waals surface area contributed by atoms with Crippen LogP contribution in [0.2, 0.25) is 0 Å². The van der Waals surface area contributed by atoms with Crippen LogP contribution in [-0.2, 0) is 11.2 Å². The van der Waals surface area contributed by atoms with Crippen molar-refractivity contribution in [3.8, 4) is 0 Å². The van der Waals surface area contributed by atoms with E-state index in [-0.39, 0.29) is 0 Å². The van der Waals surface area contributed by atoms with E-state index in [0.29, 0.717) is 6.10 Å². The molecule has 0 amide bonds. The fourth-order valence-electron chi connectivity index (χ4n) is 4.74. The van der Waals surface area contributed by atoms with E-state index in [4.69, 9.17) is 4.74 Å². The van der Waals surface area contributed by atoms with Crippen molar-refractivity contribution in [2.24, 2.45) is 11.8 Å². The molecule has 0 aromatic heterocycles. The van der Waals surface area contributed by atoms with Gasteiger partial charge in [-0.05, 0) is 87.2 Å². The van der Waals surface area contributed by atoms with Crippen LogP contribution in [0.3, 0.4) is 0 Å². The number of fused-ring (bicyclic) bond motifs is 1. The van der Waals surface area contributed by atoms with Crippen LogP contribution in [0.15, 0.2) is 36.4 Å². The second-order valence-corrected chi connectivity index (χ2v) is 7.55. The zero-order chi connectivity index (χ0) is 16.1. The van der Waals surface area contributed by atoms with Gasteiger partial charge in [0.2, 0.25) is 0 Å². The Morgan fingerprint density at radius 2 is 1.74 bits per heavy atom. The molecule has 23 heavy (non-hydrogen) atoms. The van der Waals surface area contributed by atoms with Gasteiger partial charge in [-0.1, -0.05) is 36.4 Å². The lowest BCUT2D eigenvalue weighted by molar-refractivity contribution is 0.0123. The minimum Gasteiger partial charge on any atom is -0.381 e. The van der Waals surface area contributed by atoms with E-state index < -0.39 is 0 Å². The van der Waals surface area contributed by atoms with Crippen molar-refractivity contribution >= 4 is 0 Å². The molecule has 126 valence electrons. The second-order valence-electron chi connectivity index (χ2n) is 7.55. The molecule has 2 aliphatic carbocycles. The normalized spacial score (nSPS) is 31.2. The SMILES string of the molecule is C/C=C/CCc1ccc(C2CCC3CC(OC)CCC3C2)cc1. The van der Waals surface area contributed by atoms with Gasteiger partial charge in [-0.3, -0.25) is 0 Å². The molecule has 0 aliphatic heterocycles. The number of rotatable bonds is 5. The summed E-state index contributed by atoms with van der Waals surface area (Å²) in [5.74, 6) is 2.65. The molecule has 3 rings (SSSR count). The average molecular weight is 312 g/mol. The number of allylic oxidation sites excluding steroid dienone is 2. The van der Waals surface area contributed by atoms with E-state index in [0.717, 1.165) is 24.2 Å². The Labute approximate surface area is 142 Å². The summed E-state index contributed by atoms with van der Waals surface area (Å²) in [6.45, 7) is 2.10. The second kappa shape index (κ2) is 8.15. The molecular formula is C22H32O. The number of benzene rings is 1. The van der Waals surface area contributed by atoms with Crippen LogP contribution in [0.1, 0.15) is 68.9 Å². The Kier molecular flexibility index (Phi) is 5.94. The molecule has 4 atom stereocenters. The van der Waals surface area contributed by atoms with Crippen LogP contribution in [0, 0.1) is 11.8 Å². The molecule has 1 aromatic rings. The van der Waals surface area contributed by atoms with E-state index in [9.17, 15) is 0 Å². The lowest BCUT2D eigenvalue weighted by atomic mass is 9.65. The summed E-state index contributed by atoms with van der Waals surface area (Å²) in [6, 6.07) is 9.51. The number of aryl methyl sites for hydroxylation is 1. The topological polar surface area (TPSA) is 9.23 Å². The summed E-state index contributed by atoms with van der Waals surface area (Å²) in [7, 11) is 1.88. The van der Waals surface area contributed by atoms with Gasteiger partial charge in [-0.25, -0.2) is 0 Å². The van der Waals surface area contributed by atoms with E-state index >= 15 is 0 Å². The molecule has 2 fully saturated rings. The van der Waals surface area contributed by atoms with Crippen LogP contribution >= 0.6 is 0 Å². The van der Waals surface area contributed by atoms with Crippen molar-refractivity contribution in [3.05, 3.63) is 47.5 Å². The molecule has 1 heteroatoms. The average Bonchev–Trinajstić information content (AvgIpc) is 2.61. The highest BCUT2D eigenvalue weighted by Gasteiger charge is 2.35. The fraction of sp³-hybridized carbons (Fsp3) is 0.636. The number of ether oxygens (including phenoxy) is 1. The maximum absolute atomic E-state index is 5.60. The highest BCUT2D eigenvalue weighted by molar-refractivity contribution is 5.26. The van der Waals surface area contributed by atoms with Crippen LogP contribution in [-0.4, -0.2) is 13.2 Å². The Hall–Kier alpha value is -1.08. The molecule has 1 aromatic carbocycles. The lowest BCUT2D eigenvalue weighted by Gasteiger charge is -2.42. The quantitative estimate of drug-likeness (QED) is 0.616. The molecular weight excluding hydrogens is 280 g/mol. The molecule has 0 saturated heterocycles. The van der Waals surface area contributed by atoms with E-state index in [1.807, 2.05) is 7.11 Å². The van der Waals surface area contributed by atoms with Crippen molar-refractivity contribution in [1.29, 1.82) is 0 Å². The van der Waals surface area contributed by atoms with E-state index in [1.165, 1.54) is 50.5 Å². The maximum Gasteiger partial charge on any atom is 0.0574 e. The van der Waals surface area contributed by atoms with Gasteiger partial charge in [-0.15, -0.1) is 0 Å². The summed E-state index contributed by atoms with van der Waals surface area (Å²) >= 11 is 0. The first-order valence-electron chi connectivity index (χ1n) is 9.53. The Balaban J connectivity index is 1.56. The molecule has 2 saturated carbocycles. The van der Waals surface area contributed by atoms with Gasteiger partial charge < -0.3 is 4.74 Å². The van der Waals surface area contributed by atoms with Gasteiger partial charge in [0.05, 0.1) is 6.10 Å². The Morgan fingerprint density at radius 1 is 1.00 bits per heavy atom. The fourth-order valence-corrected chi connectivity index (χ4v) is 4.74. The van der Waals surface area contributed by atoms with Crippen LogP contribution in [0.5, 0.6) is 0 Å². The molecule has 0 radical (unpaired) electrons. The third-order valence-corrected chi connectivity index (χ3v) is 6.18. The van der Waals surface area contributed by atoms with Gasteiger partial charge in [0.1, 0.15) is 0 Å². The predicted molar refractivity (Wildman–Crippen MR) is 97.8 cm³/mol. The zero-order valence-corrected chi connectivity index (χ0v) is 14.8. The molecule has 1 nitrogen and oxygen atoms in total. The lowest BCUT2D eigenvalue weighted by Crippen LogP contribution is -2.33. The van der Waals surface area contributed by atoms with Gasteiger partial charge >= 0.3 is 0 Å². The van der Waals surface area contributed by atoms with Crippen molar-refractivity contribution in [2.45, 2.75) is 70.3 Å². The molecule has 0 bridgehead atoms. The zero-order valence-electron chi connectivity index (χ0n) is 14.8. The highest BCUT2D eigenvalue weighted by atomic mass is 16.5. The van der Waals surface area contributed by atoms with Crippen molar-refractivity contribution in [2.75, 3.05) is 7.11 Å². The first-order chi connectivity index (χ1) is 11.3. The Morgan fingerprint density at radius 3 is 2.48 bits per heavy atom. The van der Waals surface area contributed by atoms with Crippen molar-refractivity contribution in [3.63, 3.8) is 0 Å². The van der Waals surface area contributed by atoms with Crippen molar-refractivity contribution in [1.82, 2.24) is 0 Å². The number of hydrogen-bond donors (Lipinski definition) is 0. The third-order valence-electron chi connectivity index (χ3n) is 6.18. The van der Waals surface area contributed by atoms with Crippen LogP contribution in [0.25, 0.3) is 0 Å². The molecule has 0 spiro atoms. The standard InChI is InChI=1S/C22H32O/c1-3-4-5-6-17-7-9-18(10-8-17)19-11-12-21-16-22(23-2)14-13-20(21)15-19/h3-4,7-10,19-22H,5-6,11-16H2,1-2H3/b4-3+. The first-order valence-corrected chi connectivity index (χ1v) is 9.53. The molecule has 2 aliphatic rings. The number of hydrogen-bond acceptors (Lipinski definition) is 1.